The quantitative estimate of drug-likeness (QED) is 0.449. The highest BCUT2D eigenvalue weighted by Gasteiger charge is 2.64. The summed E-state index contributed by atoms with van der Waals surface area (Å²) in [6.07, 6.45) is -5.69. The van der Waals surface area contributed by atoms with E-state index in [0.717, 1.165) is 18.4 Å². The lowest BCUT2D eigenvalue weighted by molar-refractivity contribution is -0.277. The Morgan fingerprint density at radius 1 is 0.971 bits per heavy atom. The summed E-state index contributed by atoms with van der Waals surface area (Å²) in [5, 5.41) is 0. The number of halogens is 3. The van der Waals surface area contributed by atoms with E-state index in [-0.39, 0.29) is 12.2 Å². The van der Waals surface area contributed by atoms with Crippen molar-refractivity contribution >= 4 is 11.7 Å². The van der Waals surface area contributed by atoms with Gasteiger partial charge in [-0.1, -0.05) is 72.8 Å². The van der Waals surface area contributed by atoms with Gasteiger partial charge in [0.25, 0.3) is 5.60 Å². The average Bonchev–Trinajstić information content (AvgIpc) is 2.84. The molecule has 0 saturated carbocycles. The molecule has 0 N–H and O–H groups in total. The van der Waals surface area contributed by atoms with E-state index in [9.17, 15) is 18.0 Å². The monoisotopic (exact) mass is 471 g/mol. The van der Waals surface area contributed by atoms with Crippen molar-refractivity contribution in [2.24, 2.45) is 0 Å². The van der Waals surface area contributed by atoms with Gasteiger partial charge in [-0.2, -0.15) is 13.2 Å². The van der Waals surface area contributed by atoms with E-state index in [0.29, 0.717) is 18.8 Å². The van der Waals surface area contributed by atoms with E-state index in [2.05, 4.69) is 4.90 Å². The van der Waals surface area contributed by atoms with Crippen molar-refractivity contribution in [3.05, 3.63) is 96.1 Å². The minimum Gasteiger partial charge on any atom is -0.483 e. The lowest BCUT2D eigenvalue weighted by Gasteiger charge is -2.37. The van der Waals surface area contributed by atoms with Gasteiger partial charge >= 0.3 is 12.1 Å². The van der Waals surface area contributed by atoms with Gasteiger partial charge in [-0.25, -0.2) is 4.79 Å². The first-order valence-electron chi connectivity index (χ1n) is 10.7. The smallest absolute Gasteiger partial charge is 0.432 e. The van der Waals surface area contributed by atoms with Gasteiger partial charge < -0.3 is 19.1 Å². The number of benzene rings is 3. The fourth-order valence-electron chi connectivity index (χ4n) is 4.08. The number of rotatable bonds is 7. The highest BCUT2D eigenvalue weighted by atomic mass is 19.4. The van der Waals surface area contributed by atoms with Crippen molar-refractivity contribution in [3.63, 3.8) is 0 Å². The lowest BCUT2D eigenvalue weighted by atomic mass is 9.93. The number of carbonyl (C=O) groups excluding carboxylic acids is 1. The van der Waals surface area contributed by atoms with Crippen LogP contribution in [0, 0.1) is 0 Å². The maximum Gasteiger partial charge on any atom is 0.432 e. The Morgan fingerprint density at radius 2 is 1.59 bits per heavy atom. The molecule has 3 aromatic rings. The molecular weight excluding hydrogens is 447 g/mol. The summed E-state index contributed by atoms with van der Waals surface area (Å²) >= 11 is 0. The highest BCUT2D eigenvalue weighted by Crippen LogP contribution is 2.43. The third-order valence-corrected chi connectivity index (χ3v) is 5.71. The van der Waals surface area contributed by atoms with Crippen molar-refractivity contribution in [1.82, 2.24) is 0 Å². The topological polar surface area (TPSA) is 48.0 Å². The van der Waals surface area contributed by atoms with Gasteiger partial charge in [0.1, 0.15) is 12.4 Å². The number of hydrogen-bond acceptors (Lipinski definition) is 5. The molecule has 2 atom stereocenters. The van der Waals surface area contributed by atoms with E-state index >= 15 is 0 Å². The van der Waals surface area contributed by atoms with Crippen molar-refractivity contribution in [2.45, 2.75) is 24.4 Å². The molecule has 0 aliphatic carbocycles. The molecule has 0 bridgehead atoms. The molecule has 1 heterocycles. The zero-order valence-electron chi connectivity index (χ0n) is 18.5. The molecule has 34 heavy (non-hydrogen) atoms. The molecule has 3 aromatic carbocycles. The van der Waals surface area contributed by atoms with E-state index in [1.165, 1.54) is 24.3 Å². The van der Waals surface area contributed by atoms with Gasteiger partial charge in [-0.05, 0) is 17.7 Å². The van der Waals surface area contributed by atoms with Crippen LogP contribution >= 0.6 is 0 Å². The Morgan fingerprint density at radius 3 is 2.24 bits per heavy atom. The van der Waals surface area contributed by atoms with Gasteiger partial charge in [-0.3, -0.25) is 0 Å². The minimum atomic E-state index is -5.03. The van der Waals surface area contributed by atoms with E-state index in [1.807, 2.05) is 48.5 Å². The summed E-state index contributed by atoms with van der Waals surface area (Å²) in [6.45, 7) is 0.531. The van der Waals surface area contributed by atoms with Gasteiger partial charge in [0, 0.05) is 19.2 Å². The van der Waals surface area contributed by atoms with Crippen LogP contribution in [0.4, 0.5) is 18.9 Å². The van der Waals surface area contributed by atoms with Crippen LogP contribution in [0.1, 0.15) is 11.1 Å². The fourth-order valence-corrected chi connectivity index (χ4v) is 4.08. The summed E-state index contributed by atoms with van der Waals surface area (Å²) in [5.74, 6) is -0.964. The van der Waals surface area contributed by atoms with E-state index in [4.69, 9.17) is 14.2 Å². The number of carbonyl (C=O) groups is 1. The van der Waals surface area contributed by atoms with Crippen LogP contribution in [0.25, 0.3) is 0 Å². The van der Waals surface area contributed by atoms with Crippen LogP contribution < -0.4 is 9.64 Å². The van der Waals surface area contributed by atoms with E-state index in [1.54, 1.807) is 12.1 Å². The standard InChI is InChI=1S/C26H24F3NO4/c1-32-25(26(27,28)29,20-12-6-3-7-13-20)24(31)33-18-21-17-30(16-19-10-4-2-5-11-19)22-14-8-9-15-23(22)34-21/h2-15,21H,16-18H2,1H3/t21-,25-/m1/s1. The Hall–Kier alpha value is -3.52. The molecule has 5 nitrogen and oxygen atoms in total. The van der Waals surface area contributed by atoms with Crippen LogP contribution in [-0.4, -0.2) is 38.5 Å². The number of ether oxygens (including phenoxy) is 3. The molecule has 1 aliphatic rings. The Balaban J connectivity index is 1.54. The maximum absolute atomic E-state index is 14.1. The molecule has 0 unspecified atom stereocenters. The molecule has 0 aromatic heterocycles. The summed E-state index contributed by atoms with van der Waals surface area (Å²) in [7, 11) is 0.844. The number of hydrogen-bond donors (Lipinski definition) is 0. The zero-order valence-corrected chi connectivity index (χ0v) is 18.5. The van der Waals surface area contributed by atoms with E-state index < -0.39 is 23.9 Å². The summed E-state index contributed by atoms with van der Waals surface area (Å²) in [6, 6.07) is 23.9. The Labute approximate surface area is 195 Å². The predicted molar refractivity (Wildman–Crippen MR) is 120 cm³/mol. The predicted octanol–water partition coefficient (Wildman–Crippen LogP) is 5.10. The van der Waals surface area contributed by atoms with Gasteiger partial charge in [0.15, 0.2) is 6.10 Å². The van der Waals surface area contributed by atoms with Crippen LogP contribution in [-0.2, 0) is 26.4 Å². The molecule has 178 valence electrons. The normalized spacial score (nSPS) is 17.3. The number of fused-ring (bicyclic) bond motifs is 1. The largest absolute Gasteiger partial charge is 0.483 e. The molecular formula is C26H24F3NO4. The zero-order chi connectivity index (χ0) is 24.2. The molecule has 8 heteroatoms. The second kappa shape index (κ2) is 9.77. The molecule has 1 aliphatic heterocycles. The number of methoxy groups -OCH3 is 1. The minimum absolute atomic E-state index is 0.330. The van der Waals surface area contributed by atoms with Crippen molar-refractivity contribution < 1.29 is 32.2 Å². The third kappa shape index (κ3) is 4.59. The average molecular weight is 471 g/mol. The summed E-state index contributed by atoms with van der Waals surface area (Å²) < 4.78 is 58.3. The van der Waals surface area contributed by atoms with Crippen molar-refractivity contribution in [2.75, 3.05) is 25.2 Å². The lowest BCUT2D eigenvalue weighted by Crippen LogP contribution is -2.52. The number of alkyl halides is 3. The molecule has 0 saturated heterocycles. The first-order chi connectivity index (χ1) is 16.3. The van der Waals surface area contributed by atoms with Crippen molar-refractivity contribution in [3.8, 4) is 5.75 Å². The summed E-state index contributed by atoms with van der Waals surface area (Å²) in [5.41, 5.74) is -1.66. The Bertz CT molecular complexity index is 1110. The summed E-state index contributed by atoms with van der Waals surface area (Å²) in [4.78, 5) is 14.9. The SMILES string of the molecule is CO[C@@](C(=O)OC[C@H]1CN(Cc2ccccc2)c2ccccc2O1)(c1ccccc1)C(F)(F)F. The maximum atomic E-state index is 14.1. The van der Waals surface area contributed by atoms with Crippen LogP contribution in [0.15, 0.2) is 84.9 Å². The first kappa shape index (κ1) is 23.6. The number of anilines is 1. The third-order valence-electron chi connectivity index (χ3n) is 5.71. The van der Waals surface area contributed by atoms with Crippen LogP contribution in [0.5, 0.6) is 5.75 Å². The van der Waals surface area contributed by atoms with Crippen LogP contribution in [0.3, 0.4) is 0 Å². The number of esters is 1. The van der Waals surface area contributed by atoms with Crippen molar-refractivity contribution in [1.29, 1.82) is 0 Å². The first-order valence-corrected chi connectivity index (χ1v) is 10.7. The fraction of sp³-hybridized carbons (Fsp3) is 0.269. The van der Waals surface area contributed by atoms with Gasteiger partial charge in [-0.15, -0.1) is 0 Å². The molecule has 0 fully saturated rings. The number of para-hydroxylation sites is 2. The Kier molecular flexibility index (Phi) is 6.79. The van der Waals surface area contributed by atoms with Gasteiger partial charge in [0.2, 0.25) is 0 Å². The molecule has 0 radical (unpaired) electrons. The second-order valence-corrected chi connectivity index (χ2v) is 7.92. The molecule has 0 amide bonds. The highest BCUT2D eigenvalue weighted by molar-refractivity contribution is 5.82. The molecule has 4 rings (SSSR count). The second-order valence-electron chi connectivity index (χ2n) is 7.92. The van der Waals surface area contributed by atoms with Gasteiger partial charge in [0.05, 0.1) is 12.2 Å². The van der Waals surface area contributed by atoms with Crippen LogP contribution in [0.2, 0.25) is 0 Å². The number of nitrogens with zero attached hydrogens (tertiary/aromatic N) is 1. The molecule has 0 spiro atoms.